The Bertz CT molecular complexity index is 729. The quantitative estimate of drug-likeness (QED) is 0.489. The van der Waals surface area contributed by atoms with Crippen LogP contribution in [0.2, 0.25) is 0 Å². The molecule has 110 valence electrons. The second-order valence-corrected chi connectivity index (χ2v) is 4.50. The first kappa shape index (κ1) is 14.8. The highest BCUT2D eigenvalue weighted by molar-refractivity contribution is 6.05. The highest BCUT2D eigenvalue weighted by Gasteiger charge is 2.18. The molecular formula is C15H15NO5. The van der Waals surface area contributed by atoms with Gasteiger partial charge in [0.05, 0.1) is 23.1 Å². The summed E-state index contributed by atoms with van der Waals surface area (Å²) in [4.78, 5) is 34.3. The third kappa shape index (κ3) is 2.79. The van der Waals surface area contributed by atoms with Gasteiger partial charge in [0.2, 0.25) is 0 Å². The molecule has 6 heteroatoms. The van der Waals surface area contributed by atoms with Crippen molar-refractivity contribution >= 4 is 29.1 Å². The predicted molar refractivity (Wildman–Crippen MR) is 75.6 cm³/mol. The lowest BCUT2D eigenvalue weighted by atomic mass is 10.1. The lowest BCUT2D eigenvalue weighted by molar-refractivity contribution is -0.131. The van der Waals surface area contributed by atoms with E-state index in [2.05, 4.69) is 0 Å². The maximum absolute atomic E-state index is 11.9. The summed E-state index contributed by atoms with van der Waals surface area (Å²) in [5.74, 6) is -0.870. The van der Waals surface area contributed by atoms with Crippen LogP contribution in [0.1, 0.15) is 34.6 Å². The van der Waals surface area contributed by atoms with Crippen molar-refractivity contribution in [2.24, 2.45) is 7.05 Å². The lowest BCUT2D eigenvalue weighted by Crippen LogP contribution is -2.07. The molecule has 1 aromatic heterocycles. The van der Waals surface area contributed by atoms with Gasteiger partial charge >= 0.3 is 11.9 Å². The molecule has 2 rings (SSSR count). The number of nitrogens with zero attached hydrogens (tertiary/aromatic N) is 1. The van der Waals surface area contributed by atoms with E-state index in [1.165, 1.54) is 13.0 Å². The molecule has 0 amide bonds. The number of esters is 2. The minimum absolute atomic E-state index is 0.172. The molecule has 0 aliphatic carbocycles. The maximum Gasteiger partial charge on any atom is 0.338 e. The van der Waals surface area contributed by atoms with Crippen LogP contribution in [-0.2, 0) is 16.6 Å². The fourth-order valence-corrected chi connectivity index (χ4v) is 2.17. The number of hydrogen-bond acceptors (Lipinski definition) is 5. The third-order valence-electron chi connectivity index (χ3n) is 2.97. The van der Waals surface area contributed by atoms with Crippen molar-refractivity contribution in [3.8, 4) is 5.75 Å². The third-order valence-corrected chi connectivity index (χ3v) is 2.97. The highest BCUT2D eigenvalue weighted by Crippen LogP contribution is 2.31. The molecule has 0 saturated carbocycles. The summed E-state index contributed by atoms with van der Waals surface area (Å²) in [7, 11) is 1.74. The van der Waals surface area contributed by atoms with Gasteiger partial charge in [0.25, 0.3) is 0 Å². The molecular weight excluding hydrogens is 274 g/mol. The molecule has 6 nitrogen and oxygen atoms in total. The van der Waals surface area contributed by atoms with Crippen molar-refractivity contribution in [3.63, 3.8) is 0 Å². The van der Waals surface area contributed by atoms with Crippen molar-refractivity contribution in [2.45, 2.75) is 13.8 Å². The number of aryl methyl sites for hydroxylation is 1. The van der Waals surface area contributed by atoms with Crippen LogP contribution in [0.4, 0.5) is 0 Å². The highest BCUT2D eigenvalue weighted by atomic mass is 16.5. The van der Waals surface area contributed by atoms with E-state index in [4.69, 9.17) is 9.47 Å². The summed E-state index contributed by atoms with van der Waals surface area (Å²) in [5, 5.41) is 0.496. The first-order valence-electron chi connectivity index (χ1n) is 6.41. The molecule has 0 bridgehead atoms. The van der Waals surface area contributed by atoms with E-state index < -0.39 is 11.9 Å². The summed E-state index contributed by atoms with van der Waals surface area (Å²) in [6.45, 7) is 3.20. The van der Waals surface area contributed by atoms with E-state index in [0.29, 0.717) is 22.8 Å². The van der Waals surface area contributed by atoms with Crippen molar-refractivity contribution < 1.29 is 23.9 Å². The van der Waals surface area contributed by atoms with Crippen molar-refractivity contribution in [2.75, 3.05) is 6.61 Å². The predicted octanol–water partition coefficient (Wildman–Crippen LogP) is 2.09. The van der Waals surface area contributed by atoms with Crippen LogP contribution in [0.25, 0.3) is 10.9 Å². The van der Waals surface area contributed by atoms with E-state index in [-0.39, 0.29) is 17.9 Å². The van der Waals surface area contributed by atoms with Gasteiger partial charge < -0.3 is 14.0 Å². The van der Waals surface area contributed by atoms with Crippen LogP contribution >= 0.6 is 0 Å². The fourth-order valence-electron chi connectivity index (χ4n) is 2.17. The van der Waals surface area contributed by atoms with E-state index in [0.717, 1.165) is 0 Å². The Labute approximate surface area is 121 Å². The standard InChI is InChI=1S/C15H15NO5/c1-4-20-15(19)10-5-12-14(11(8-17)7-16(12)3)13(6-10)21-9(2)18/h5-8H,4H2,1-3H3. The molecule has 2 aromatic rings. The number of fused-ring (bicyclic) bond motifs is 1. The van der Waals surface area contributed by atoms with Crippen molar-refractivity contribution in [3.05, 3.63) is 29.5 Å². The molecule has 21 heavy (non-hydrogen) atoms. The van der Waals surface area contributed by atoms with Gasteiger partial charge in [0.15, 0.2) is 6.29 Å². The molecule has 0 N–H and O–H groups in total. The summed E-state index contributed by atoms with van der Waals surface area (Å²) in [5.41, 5.74) is 1.26. The van der Waals surface area contributed by atoms with Gasteiger partial charge in [-0.15, -0.1) is 0 Å². The zero-order valence-corrected chi connectivity index (χ0v) is 12.0. The van der Waals surface area contributed by atoms with E-state index in [9.17, 15) is 14.4 Å². The first-order valence-corrected chi connectivity index (χ1v) is 6.41. The van der Waals surface area contributed by atoms with Gasteiger partial charge in [0.1, 0.15) is 5.75 Å². The second kappa shape index (κ2) is 5.78. The Morgan fingerprint density at radius 3 is 2.62 bits per heavy atom. The van der Waals surface area contributed by atoms with Crippen LogP contribution in [0, 0.1) is 0 Å². The number of aromatic nitrogens is 1. The zero-order valence-electron chi connectivity index (χ0n) is 12.0. The topological polar surface area (TPSA) is 74.6 Å². The summed E-state index contributed by atoms with van der Waals surface area (Å²) in [6.07, 6.45) is 2.29. The Kier molecular flexibility index (Phi) is 4.07. The Hall–Kier alpha value is -2.63. The molecule has 0 unspecified atom stereocenters. The molecule has 0 saturated heterocycles. The van der Waals surface area contributed by atoms with E-state index in [1.807, 2.05) is 0 Å². The molecule has 0 atom stereocenters. The Balaban J connectivity index is 2.71. The number of rotatable bonds is 4. The number of aldehydes is 1. The van der Waals surface area contributed by atoms with Gasteiger partial charge in [0, 0.05) is 25.7 Å². The van der Waals surface area contributed by atoms with Crippen molar-refractivity contribution in [1.82, 2.24) is 4.57 Å². The van der Waals surface area contributed by atoms with Gasteiger partial charge in [-0.3, -0.25) is 9.59 Å². The minimum Gasteiger partial charge on any atom is -0.462 e. The molecule has 0 spiro atoms. The molecule has 0 radical (unpaired) electrons. The molecule has 0 aliphatic heterocycles. The molecule has 0 fully saturated rings. The maximum atomic E-state index is 11.9. The number of carbonyl (C=O) groups is 3. The zero-order chi connectivity index (χ0) is 15.6. The van der Waals surface area contributed by atoms with Gasteiger partial charge in [-0.25, -0.2) is 4.79 Å². The second-order valence-electron chi connectivity index (χ2n) is 4.50. The number of carbonyl (C=O) groups excluding carboxylic acids is 3. The van der Waals surface area contributed by atoms with Crippen LogP contribution in [0.3, 0.4) is 0 Å². The summed E-state index contributed by atoms with van der Waals surface area (Å²) >= 11 is 0. The van der Waals surface area contributed by atoms with E-state index >= 15 is 0 Å². The Morgan fingerprint density at radius 1 is 1.33 bits per heavy atom. The monoisotopic (exact) mass is 289 g/mol. The fraction of sp³-hybridized carbons (Fsp3) is 0.267. The molecule has 0 aliphatic rings. The average molecular weight is 289 g/mol. The van der Waals surface area contributed by atoms with Crippen LogP contribution < -0.4 is 4.74 Å². The SMILES string of the molecule is CCOC(=O)c1cc(OC(C)=O)c2c(C=O)cn(C)c2c1. The van der Waals surface area contributed by atoms with Gasteiger partial charge in [-0.2, -0.15) is 0 Å². The number of ether oxygens (including phenoxy) is 2. The van der Waals surface area contributed by atoms with Crippen LogP contribution in [0.5, 0.6) is 5.75 Å². The van der Waals surface area contributed by atoms with E-state index in [1.54, 1.807) is 30.8 Å². The molecule has 1 aromatic carbocycles. The average Bonchev–Trinajstić information content (AvgIpc) is 2.75. The molecule has 1 heterocycles. The normalized spacial score (nSPS) is 10.4. The summed E-state index contributed by atoms with van der Waals surface area (Å²) in [6, 6.07) is 3.02. The number of benzene rings is 1. The van der Waals surface area contributed by atoms with Gasteiger partial charge in [-0.1, -0.05) is 0 Å². The smallest absolute Gasteiger partial charge is 0.338 e. The van der Waals surface area contributed by atoms with Crippen LogP contribution in [0.15, 0.2) is 18.3 Å². The van der Waals surface area contributed by atoms with Crippen molar-refractivity contribution in [1.29, 1.82) is 0 Å². The number of hydrogen-bond donors (Lipinski definition) is 0. The largest absolute Gasteiger partial charge is 0.462 e. The van der Waals surface area contributed by atoms with Gasteiger partial charge in [-0.05, 0) is 19.1 Å². The lowest BCUT2D eigenvalue weighted by Gasteiger charge is -2.08. The minimum atomic E-state index is -0.530. The Morgan fingerprint density at radius 2 is 2.05 bits per heavy atom. The summed E-state index contributed by atoms with van der Waals surface area (Å²) < 4.78 is 11.8. The van der Waals surface area contributed by atoms with Crippen LogP contribution in [-0.4, -0.2) is 29.4 Å². The first-order chi connectivity index (χ1) is 9.97.